The molecule has 0 atom stereocenters. The summed E-state index contributed by atoms with van der Waals surface area (Å²) in [6, 6.07) is 4.98. The molecule has 1 aromatic rings. The number of rotatable bonds is 6. The molecule has 6 heteroatoms. The van der Waals surface area contributed by atoms with Gasteiger partial charge in [0.05, 0.1) is 0 Å². The molecule has 0 spiro atoms. The molecule has 0 aliphatic rings. The van der Waals surface area contributed by atoms with Gasteiger partial charge in [0.25, 0.3) is 0 Å². The van der Waals surface area contributed by atoms with Crippen molar-refractivity contribution >= 4 is 21.7 Å². The second-order valence-corrected chi connectivity index (χ2v) is 4.43. The lowest BCUT2D eigenvalue weighted by Gasteiger charge is -2.08. The minimum atomic E-state index is -4.71. The number of halogens is 4. The van der Waals surface area contributed by atoms with E-state index in [1.165, 1.54) is 12.1 Å². The van der Waals surface area contributed by atoms with E-state index in [4.69, 9.17) is 0 Å². The third kappa shape index (κ3) is 5.53. The topological polar surface area (TPSA) is 26.3 Å². The van der Waals surface area contributed by atoms with Gasteiger partial charge in [0.1, 0.15) is 5.75 Å². The Morgan fingerprint density at radius 1 is 1.17 bits per heavy atom. The molecule has 0 bridgehead atoms. The van der Waals surface area contributed by atoms with Crippen LogP contribution in [0.4, 0.5) is 13.2 Å². The standard InChI is InChI=1S/C12H12BrF3O2/c13-8-2-1-3-11(17)9-4-6-10(7-5-9)18-12(14,15)16/h4-7H,1-3,8H2. The predicted molar refractivity (Wildman–Crippen MR) is 65.1 cm³/mol. The van der Waals surface area contributed by atoms with Crippen molar-refractivity contribution in [2.45, 2.75) is 25.6 Å². The quantitative estimate of drug-likeness (QED) is 0.442. The van der Waals surface area contributed by atoms with Gasteiger partial charge in [-0.3, -0.25) is 4.79 Å². The first-order chi connectivity index (χ1) is 8.42. The lowest BCUT2D eigenvalue weighted by atomic mass is 10.1. The first-order valence-electron chi connectivity index (χ1n) is 5.37. The van der Waals surface area contributed by atoms with Crippen LogP contribution in [0.2, 0.25) is 0 Å². The van der Waals surface area contributed by atoms with Crippen molar-refractivity contribution in [1.82, 2.24) is 0 Å². The number of ketones is 1. The third-order valence-corrected chi connectivity index (χ3v) is 2.76. The summed E-state index contributed by atoms with van der Waals surface area (Å²) >= 11 is 3.26. The summed E-state index contributed by atoms with van der Waals surface area (Å²) in [5.74, 6) is -0.394. The number of hydrogen-bond donors (Lipinski definition) is 0. The zero-order chi connectivity index (χ0) is 13.6. The van der Waals surface area contributed by atoms with Crippen LogP contribution in [0.3, 0.4) is 0 Å². The van der Waals surface area contributed by atoms with E-state index in [0.29, 0.717) is 12.0 Å². The Morgan fingerprint density at radius 2 is 1.78 bits per heavy atom. The average Bonchev–Trinajstić information content (AvgIpc) is 2.28. The molecule has 18 heavy (non-hydrogen) atoms. The summed E-state index contributed by atoms with van der Waals surface area (Å²) in [7, 11) is 0. The average molecular weight is 325 g/mol. The molecular formula is C12H12BrF3O2. The highest BCUT2D eigenvalue weighted by Gasteiger charge is 2.30. The lowest BCUT2D eigenvalue weighted by Crippen LogP contribution is -2.17. The van der Waals surface area contributed by atoms with E-state index < -0.39 is 6.36 Å². The number of Topliss-reactive ketones (excluding diaryl/α,β-unsaturated/α-hetero) is 1. The Morgan fingerprint density at radius 3 is 2.28 bits per heavy atom. The number of carbonyl (C=O) groups excluding carboxylic acids is 1. The van der Waals surface area contributed by atoms with Gasteiger partial charge in [-0.25, -0.2) is 0 Å². The van der Waals surface area contributed by atoms with Gasteiger partial charge < -0.3 is 4.74 Å². The van der Waals surface area contributed by atoms with Crippen LogP contribution >= 0.6 is 15.9 Å². The Balaban J connectivity index is 2.57. The largest absolute Gasteiger partial charge is 0.573 e. The molecule has 0 radical (unpaired) electrons. The van der Waals surface area contributed by atoms with Crippen LogP contribution in [0, 0.1) is 0 Å². The SMILES string of the molecule is O=C(CCCCBr)c1ccc(OC(F)(F)F)cc1. The molecule has 0 aliphatic carbocycles. The van der Waals surface area contributed by atoms with E-state index in [9.17, 15) is 18.0 Å². The molecule has 1 aromatic carbocycles. The minimum Gasteiger partial charge on any atom is -0.406 e. The minimum absolute atomic E-state index is 0.0745. The molecule has 0 saturated heterocycles. The van der Waals surface area contributed by atoms with Crippen molar-refractivity contribution < 1.29 is 22.7 Å². The molecular weight excluding hydrogens is 313 g/mol. The van der Waals surface area contributed by atoms with Crippen molar-refractivity contribution in [3.05, 3.63) is 29.8 Å². The van der Waals surface area contributed by atoms with Crippen molar-refractivity contribution in [1.29, 1.82) is 0 Å². The first-order valence-corrected chi connectivity index (χ1v) is 6.49. The molecule has 1 rings (SSSR count). The van der Waals surface area contributed by atoms with E-state index in [-0.39, 0.29) is 11.5 Å². The van der Waals surface area contributed by atoms with Crippen LogP contribution in [0.5, 0.6) is 5.75 Å². The summed E-state index contributed by atoms with van der Waals surface area (Å²) in [5.41, 5.74) is 0.402. The number of benzene rings is 1. The van der Waals surface area contributed by atoms with E-state index in [1.54, 1.807) is 0 Å². The second-order valence-electron chi connectivity index (χ2n) is 3.64. The van der Waals surface area contributed by atoms with Gasteiger partial charge >= 0.3 is 6.36 Å². The highest BCUT2D eigenvalue weighted by molar-refractivity contribution is 9.09. The van der Waals surface area contributed by atoms with Crippen LogP contribution < -0.4 is 4.74 Å². The number of unbranched alkanes of at least 4 members (excludes halogenated alkanes) is 1. The fourth-order valence-corrected chi connectivity index (χ4v) is 1.76. The van der Waals surface area contributed by atoms with Gasteiger partial charge in [0.2, 0.25) is 0 Å². The van der Waals surface area contributed by atoms with Gasteiger partial charge in [0.15, 0.2) is 5.78 Å². The zero-order valence-corrected chi connectivity index (χ0v) is 11.1. The summed E-state index contributed by atoms with van der Waals surface area (Å²) < 4.78 is 39.5. The number of hydrogen-bond acceptors (Lipinski definition) is 2. The maximum Gasteiger partial charge on any atom is 0.573 e. The van der Waals surface area contributed by atoms with E-state index in [2.05, 4.69) is 20.7 Å². The zero-order valence-electron chi connectivity index (χ0n) is 9.47. The van der Waals surface area contributed by atoms with Crippen LogP contribution in [0.25, 0.3) is 0 Å². The Hall–Kier alpha value is -1.04. The van der Waals surface area contributed by atoms with Crippen LogP contribution in [-0.4, -0.2) is 17.5 Å². The summed E-state index contributed by atoms with van der Waals surface area (Å²) in [5, 5.41) is 0.832. The van der Waals surface area contributed by atoms with Gasteiger partial charge in [-0.05, 0) is 37.1 Å². The Labute approximate surface area is 111 Å². The fraction of sp³-hybridized carbons (Fsp3) is 0.417. The number of alkyl halides is 4. The van der Waals surface area contributed by atoms with Crippen LogP contribution in [0.15, 0.2) is 24.3 Å². The molecule has 0 saturated carbocycles. The molecule has 0 fully saturated rings. The van der Waals surface area contributed by atoms with Gasteiger partial charge in [0, 0.05) is 17.3 Å². The van der Waals surface area contributed by atoms with Gasteiger partial charge in [-0.1, -0.05) is 15.9 Å². The molecule has 0 heterocycles. The van der Waals surface area contributed by atoms with Crippen molar-refractivity contribution in [3.8, 4) is 5.75 Å². The van der Waals surface area contributed by atoms with Gasteiger partial charge in [-0.15, -0.1) is 13.2 Å². The normalized spacial score (nSPS) is 11.3. The molecule has 0 aromatic heterocycles. The predicted octanol–water partition coefficient (Wildman–Crippen LogP) is 4.33. The second kappa shape index (κ2) is 6.78. The number of ether oxygens (including phenoxy) is 1. The van der Waals surface area contributed by atoms with Crippen LogP contribution in [-0.2, 0) is 0 Å². The maximum absolute atomic E-state index is 11.9. The molecule has 100 valence electrons. The van der Waals surface area contributed by atoms with E-state index in [1.807, 2.05) is 0 Å². The third-order valence-electron chi connectivity index (χ3n) is 2.20. The monoisotopic (exact) mass is 324 g/mol. The number of carbonyl (C=O) groups is 1. The Bertz CT molecular complexity index is 387. The van der Waals surface area contributed by atoms with Crippen molar-refractivity contribution in [2.24, 2.45) is 0 Å². The molecule has 0 unspecified atom stereocenters. The summed E-state index contributed by atoms with van der Waals surface area (Å²) in [6.45, 7) is 0. The highest BCUT2D eigenvalue weighted by Crippen LogP contribution is 2.23. The van der Waals surface area contributed by atoms with E-state index in [0.717, 1.165) is 30.3 Å². The van der Waals surface area contributed by atoms with Gasteiger partial charge in [-0.2, -0.15) is 0 Å². The highest BCUT2D eigenvalue weighted by atomic mass is 79.9. The molecule has 0 amide bonds. The summed E-state index contributed by atoms with van der Waals surface area (Å²) in [4.78, 5) is 11.6. The summed E-state index contributed by atoms with van der Waals surface area (Å²) in [6.07, 6.45) is -2.67. The van der Waals surface area contributed by atoms with E-state index >= 15 is 0 Å². The fourth-order valence-electron chi connectivity index (χ4n) is 1.37. The lowest BCUT2D eigenvalue weighted by molar-refractivity contribution is -0.274. The Kier molecular flexibility index (Phi) is 5.65. The smallest absolute Gasteiger partial charge is 0.406 e. The maximum atomic E-state index is 11.9. The van der Waals surface area contributed by atoms with Crippen molar-refractivity contribution in [2.75, 3.05) is 5.33 Å². The first kappa shape index (κ1) is 15.0. The molecule has 0 N–H and O–H groups in total. The molecule has 2 nitrogen and oxygen atoms in total. The van der Waals surface area contributed by atoms with Crippen LogP contribution in [0.1, 0.15) is 29.6 Å². The van der Waals surface area contributed by atoms with Crippen molar-refractivity contribution in [3.63, 3.8) is 0 Å². The molecule has 0 aliphatic heterocycles.